The summed E-state index contributed by atoms with van der Waals surface area (Å²) >= 11 is 0. The Morgan fingerprint density at radius 2 is 0.760 bits per heavy atom. The van der Waals surface area contributed by atoms with Crippen molar-refractivity contribution in [3.8, 4) is 0 Å². The van der Waals surface area contributed by atoms with Crippen LogP contribution in [0.25, 0.3) is 0 Å². The predicted octanol–water partition coefficient (Wildman–Crippen LogP) is 17.1. The number of quaternary nitrogens is 1. The molecule has 14 heteroatoms. The van der Waals surface area contributed by atoms with Crippen LogP contribution in [-0.2, 0) is 56.3 Å². The highest BCUT2D eigenvalue weighted by Crippen LogP contribution is 2.49. The normalized spacial score (nSPS) is 13.1. The van der Waals surface area contributed by atoms with Crippen LogP contribution in [0.5, 0.6) is 0 Å². The number of phosphoric acid groups is 1. The highest BCUT2D eigenvalue weighted by atomic mass is 31.2. The molecule has 1 unspecified atom stereocenters. The Morgan fingerprint density at radius 3 is 1.20 bits per heavy atom. The Kier molecular flexibility index (Phi) is 51.6. The molecular weight excluding hydrogens is 970 g/mol. The molecule has 0 rings (SSSR count). The van der Waals surface area contributed by atoms with Crippen molar-refractivity contribution >= 4 is 31.7 Å². The fourth-order valence-corrected chi connectivity index (χ4v) is 9.35. The number of esters is 4. The quantitative estimate of drug-likeness (QED) is 0.0108. The van der Waals surface area contributed by atoms with Crippen LogP contribution in [0.3, 0.4) is 0 Å². The molecule has 0 saturated heterocycles. The monoisotopic (exact) mass is 1080 g/mol. The lowest BCUT2D eigenvalue weighted by molar-refractivity contribution is -0.870. The van der Waals surface area contributed by atoms with Gasteiger partial charge in [-0.2, -0.15) is 0 Å². The summed E-state index contributed by atoms with van der Waals surface area (Å²) in [6, 6.07) is 0. The zero-order chi connectivity index (χ0) is 55.2. The molecule has 75 heavy (non-hydrogen) atoms. The van der Waals surface area contributed by atoms with E-state index in [0.717, 1.165) is 96.3 Å². The number of rotatable bonds is 57. The Balaban J connectivity index is 5.12. The van der Waals surface area contributed by atoms with Crippen LogP contribution in [0.4, 0.5) is 0 Å². The number of hydrogen-bond donors (Lipinski definition) is 0. The zero-order valence-corrected chi connectivity index (χ0v) is 50.1. The number of unbranched alkanes of at least 4 members (excludes halogenated alkanes) is 31. The molecule has 440 valence electrons. The molecule has 0 aliphatic rings. The van der Waals surface area contributed by atoms with E-state index in [2.05, 4.69) is 45.1 Å². The molecule has 0 spiro atoms. The largest absolute Gasteiger partial charge is 0.478 e. The number of hydrogen-bond acceptors (Lipinski definition) is 12. The lowest BCUT2D eigenvalue weighted by Crippen LogP contribution is -2.37. The van der Waals surface area contributed by atoms with Crippen LogP contribution in [0, 0.1) is 0 Å². The first-order chi connectivity index (χ1) is 36.3. The topological polar surface area (TPSA) is 150 Å². The zero-order valence-electron chi connectivity index (χ0n) is 49.2. The number of allylic oxidation sites excluding steroid dienone is 4. The predicted molar refractivity (Wildman–Crippen MR) is 306 cm³/mol. The number of phosphoric ester groups is 1. The van der Waals surface area contributed by atoms with Gasteiger partial charge in [0.05, 0.1) is 47.2 Å². The van der Waals surface area contributed by atoms with Crippen molar-refractivity contribution in [2.24, 2.45) is 0 Å². The van der Waals surface area contributed by atoms with Crippen molar-refractivity contribution < 1.29 is 60.7 Å². The van der Waals surface area contributed by atoms with E-state index < -0.39 is 51.2 Å². The lowest BCUT2D eigenvalue weighted by Gasteiger charge is -2.25. The molecule has 0 N–H and O–H groups in total. The summed E-state index contributed by atoms with van der Waals surface area (Å²) in [4.78, 5) is 50.8. The SMILES string of the molecule is CCCCCCCCC=CCCCCCCCC(=O)OC[C@H](COP(=O)(OCC[N+](C)(C)C)OCOC(=O)CCC(=O)OCCCCCCCCCCCC)OC(=O)CCCCCCCC=CCCCCCCCC. The van der Waals surface area contributed by atoms with Crippen molar-refractivity contribution in [1.82, 2.24) is 0 Å². The van der Waals surface area contributed by atoms with Gasteiger partial charge in [-0.3, -0.25) is 28.2 Å². The summed E-state index contributed by atoms with van der Waals surface area (Å²) in [5, 5.41) is 0. The Bertz CT molecular complexity index is 1450. The third kappa shape index (κ3) is 54.6. The number of carbonyl (C=O) groups is 4. The van der Waals surface area contributed by atoms with Crippen LogP contribution < -0.4 is 0 Å². The maximum absolute atomic E-state index is 14.0. The second-order valence-electron chi connectivity index (χ2n) is 21.7. The van der Waals surface area contributed by atoms with Gasteiger partial charge in [-0.15, -0.1) is 0 Å². The molecule has 0 fully saturated rings. The third-order valence-corrected chi connectivity index (χ3v) is 14.6. The molecule has 0 bridgehead atoms. The number of nitrogens with zero attached hydrogens (tertiary/aromatic N) is 1. The van der Waals surface area contributed by atoms with Gasteiger partial charge in [-0.1, -0.05) is 206 Å². The number of ether oxygens (including phenoxy) is 4. The fraction of sp³-hybridized carbons (Fsp3) is 0.869. The van der Waals surface area contributed by atoms with Crippen molar-refractivity contribution in [3.63, 3.8) is 0 Å². The minimum Gasteiger partial charge on any atom is -0.466 e. The van der Waals surface area contributed by atoms with Crippen LogP contribution in [0.1, 0.15) is 278 Å². The van der Waals surface area contributed by atoms with E-state index in [-0.39, 0.29) is 38.9 Å². The first-order valence-electron chi connectivity index (χ1n) is 30.6. The highest BCUT2D eigenvalue weighted by molar-refractivity contribution is 7.48. The van der Waals surface area contributed by atoms with Gasteiger partial charge in [0, 0.05) is 12.8 Å². The van der Waals surface area contributed by atoms with Gasteiger partial charge in [-0.05, 0) is 70.6 Å². The van der Waals surface area contributed by atoms with Crippen LogP contribution in [0.2, 0.25) is 0 Å². The minimum absolute atomic E-state index is 0.0233. The molecule has 0 aromatic rings. The van der Waals surface area contributed by atoms with Gasteiger partial charge < -0.3 is 23.4 Å². The van der Waals surface area contributed by atoms with E-state index in [1.54, 1.807) is 0 Å². The van der Waals surface area contributed by atoms with Gasteiger partial charge in [0.1, 0.15) is 19.8 Å². The molecule has 0 aromatic carbocycles. The van der Waals surface area contributed by atoms with Crippen molar-refractivity contribution in [1.29, 1.82) is 0 Å². The summed E-state index contributed by atoms with van der Waals surface area (Å²) < 4.78 is 53.0. The summed E-state index contributed by atoms with van der Waals surface area (Å²) in [5.41, 5.74) is 0. The lowest BCUT2D eigenvalue weighted by atomic mass is 10.1. The number of likely N-dealkylation sites (N-methyl/N-ethyl adjacent to an activating group) is 1. The van der Waals surface area contributed by atoms with E-state index in [0.29, 0.717) is 30.5 Å². The molecule has 13 nitrogen and oxygen atoms in total. The molecule has 0 radical (unpaired) electrons. The first kappa shape index (κ1) is 72.4. The molecule has 0 heterocycles. The molecule has 0 saturated carbocycles. The molecule has 0 amide bonds. The van der Waals surface area contributed by atoms with Gasteiger partial charge >= 0.3 is 31.7 Å². The van der Waals surface area contributed by atoms with Crippen molar-refractivity contribution in [3.05, 3.63) is 24.3 Å². The number of carbonyl (C=O) groups excluding carboxylic acids is 4. The Morgan fingerprint density at radius 1 is 0.387 bits per heavy atom. The molecule has 2 atom stereocenters. The summed E-state index contributed by atoms with van der Waals surface area (Å²) in [7, 11) is 1.42. The second kappa shape index (κ2) is 53.4. The van der Waals surface area contributed by atoms with Gasteiger partial charge in [0.25, 0.3) is 0 Å². The van der Waals surface area contributed by atoms with E-state index in [1.165, 1.54) is 122 Å². The Labute approximate surface area is 459 Å². The average Bonchev–Trinajstić information content (AvgIpc) is 3.37. The molecule has 0 aromatic heterocycles. The second-order valence-corrected chi connectivity index (χ2v) is 23.4. The van der Waals surface area contributed by atoms with Crippen molar-refractivity contribution in [2.75, 3.05) is 60.9 Å². The average molecular weight is 1090 g/mol. The van der Waals surface area contributed by atoms with Gasteiger partial charge in [0.15, 0.2) is 6.10 Å². The van der Waals surface area contributed by atoms with E-state index in [9.17, 15) is 23.7 Å². The van der Waals surface area contributed by atoms with E-state index >= 15 is 0 Å². The van der Waals surface area contributed by atoms with Crippen LogP contribution >= 0.6 is 7.82 Å². The molecular formula is C61H115NO12P+. The maximum atomic E-state index is 14.0. The maximum Gasteiger partial charge on any atom is 0.478 e. The smallest absolute Gasteiger partial charge is 0.466 e. The van der Waals surface area contributed by atoms with Gasteiger partial charge in [0.2, 0.25) is 6.79 Å². The van der Waals surface area contributed by atoms with E-state index in [4.69, 9.17) is 32.5 Å². The van der Waals surface area contributed by atoms with Crippen LogP contribution in [-0.4, -0.2) is 95.4 Å². The standard InChI is InChI=1S/C61H115NO12P/c1-7-10-13-16-19-22-25-27-29-31-33-35-38-41-44-47-58(63)69-54-57(74-61(66)48-45-42-39-36-34-32-30-28-26-23-20-17-14-11-8-2)55-72-75(67,71-53-51-62(4,5)6)73-56-70-60(65)50-49-59(64)68-52-46-43-40-37-24-21-18-15-12-9-3/h27-30,57H,7-26,31-56H2,1-6H3/q+1/t57-,75?/m1/s1. The highest BCUT2D eigenvalue weighted by Gasteiger charge is 2.31. The minimum atomic E-state index is -4.40. The summed E-state index contributed by atoms with van der Waals surface area (Å²) in [6.45, 7) is 5.92. The first-order valence-corrected chi connectivity index (χ1v) is 32.1. The fourth-order valence-electron chi connectivity index (χ4n) is 8.29. The molecule has 0 aliphatic carbocycles. The van der Waals surface area contributed by atoms with Gasteiger partial charge in [-0.25, -0.2) is 9.09 Å². The third-order valence-electron chi connectivity index (χ3n) is 13.2. The Hall–Kier alpha value is -2.57. The summed E-state index contributed by atoms with van der Waals surface area (Å²) in [6.07, 6.45) is 49.7. The van der Waals surface area contributed by atoms with E-state index in [1.807, 2.05) is 21.1 Å². The summed E-state index contributed by atoms with van der Waals surface area (Å²) in [5.74, 6) is -2.14. The van der Waals surface area contributed by atoms with Crippen molar-refractivity contribution in [2.45, 2.75) is 284 Å². The molecule has 0 aliphatic heterocycles. The van der Waals surface area contributed by atoms with Crippen LogP contribution in [0.15, 0.2) is 24.3 Å².